The minimum Gasteiger partial charge on any atom is -0.625 e. The minimum atomic E-state index is -0.802. The summed E-state index contributed by atoms with van der Waals surface area (Å²) >= 11 is 0. The zero-order chi connectivity index (χ0) is 16.1. The van der Waals surface area contributed by atoms with Gasteiger partial charge < -0.3 is 10.1 Å². The molecule has 0 saturated carbocycles. The monoisotopic (exact) mass is 299 g/mol. The number of hydrogen-bond donors (Lipinski definition) is 1. The van der Waals surface area contributed by atoms with Crippen LogP contribution in [0.1, 0.15) is 26.7 Å². The van der Waals surface area contributed by atoms with Crippen LogP contribution in [-0.4, -0.2) is 38.4 Å². The molecule has 2 radical (unpaired) electrons. The van der Waals surface area contributed by atoms with Crippen LogP contribution < -0.4 is 20.3 Å². The lowest BCUT2D eigenvalue weighted by atomic mass is 9.94. The Morgan fingerprint density at radius 3 is 2.77 bits per heavy atom. The van der Waals surface area contributed by atoms with E-state index >= 15 is 0 Å². The fourth-order valence-electron chi connectivity index (χ4n) is 3.26. The van der Waals surface area contributed by atoms with Gasteiger partial charge in [0.15, 0.2) is 18.4 Å². The average molecular weight is 299 g/mol. The molecule has 0 bridgehead atoms. The smallest absolute Gasteiger partial charge is 0.285 e. The van der Waals surface area contributed by atoms with Crippen molar-refractivity contribution >= 4 is 36.5 Å². The Morgan fingerprint density at radius 1 is 1.41 bits per heavy atom. The summed E-state index contributed by atoms with van der Waals surface area (Å²) < 4.78 is -0.757. The average Bonchev–Trinajstić information content (AvgIpc) is 2.72. The van der Waals surface area contributed by atoms with E-state index in [-0.39, 0.29) is 31.5 Å². The molecule has 2 heterocycles. The van der Waals surface area contributed by atoms with Crippen LogP contribution in [0.2, 0.25) is 0 Å². The Kier molecular flexibility index (Phi) is 3.49. The molecular formula is C15H18BN3O3. The predicted octanol–water partition coefficient (Wildman–Crippen LogP) is 0.277. The fraction of sp³-hybridized carbons (Fsp3) is 0.467. The summed E-state index contributed by atoms with van der Waals surface area (Å²) in [7, 11) is 5.85. The van der Waals surface area contributed by atoms with Crippen molar-refractivity contribution in [2.75, 3.05) is 11.6 Å². The molecule has 0 aliphatic carbocycles. The van der Waals surface area contributed by atoms with E-state index in [0.717, 1.165) is 5.69 Å². The van der Waals surface area contributed by atoms with Gasteiger partial charge in [-0.2, -0.15) is 0 Å². The zero-order valence-corrected chi connectivity index (χ0v) is 12.7. The van der Waals surface area contributed by atoms with Gasteiger partial charge in [-0.05, 0) is 19.9 Å². The number of carbonyl (C=O) groups excluding carboxylic acids is 2. The Labute approximate surface area is 130 Å². The number of nitrogens with zero attached hydrogens (tertiary/aromatic N) is 2. The Morgan fingerprint density at radius 2 is 2.14 bits per heavy atom. The topological polar surface area (TPSA) is 72.5 Å². The molecule has 0 spiro atoms. The molecule has 3 rings (SSSR count). The number of hydroxylamine groups is 2. The van der Waals surface area contributed by atoms with Crippen LogP contribution in [-0.2, 0) is 9.59 Å². The Hall–Kier alpha value is -1.86. The molecular weight excluding hydrogens is 281 g/mol. The van der Waals surface area contributed by atoms with Gasteiger partial charge in [-0.1, -0.05) is 11.5 Å². The number of imide groups is 1. The summed E-state index contributed by atoms with van der Waals surface area (Å²) in [6, 6.07) is 4.47. The third-order valence-corrected chi connectivity index (χ3v) is 4.42. The number of fused-ring (bicyclic) bond motifs is 1. The maximum atomic E-state index is 13.5. The molecule has 1 N–H and O–H groups in total. The molecule has 2 atom stereocenters. The number of benzene rings is 1. The molecule has 2 aliphatic rings. The summed E-state index contributed by atoms with van der Waals surface area (Å²) in [5, 5.41) is 15.8. The molecule has 2 amide bonds. The van der Waals surface area contributed by atoms with E-state index in [1.807, 2.05) is 18.7 Å². The number of hydrogen-bond acceptors (Lipinski definition) is 4. The second kappa shape index (κ2) is 5.10. The van der Waals surface area contributed by atoms with Gasteiger partial charge in [-0.3, -0.25) is 19.6 Å². The van der Waals surface area contributed by atoms with Gasteiger partial charge in [0.2, 0.25) is 5.91 Å². The number of quaternary nitrogens is 1. The first-order valence-corrected chi connectivity index (χ1v) is 7.42. The second-order valence-corrected chi connectivity index (χ2v) is 6.22. The van der Waals surface area contributed by atoms with E-state index in [4.69, 9.17) is 7.85 Å². The Balaban J connectivity index is 2.05. The molecule has 2 unspecified atom stereocenters. The summed E-state index contributed by atoms with van der Waals surface area (Å²) in [6.07, 6.45) is 0.467. The normalized spacial score (nSPS) is 28.0. The largest absolute Gasteiger partial charge is 0.625 e. The summed E-state index contributed by atoms with van der Waals surface area (Å²) in [5.74, 6) is -0.801. The van der Waals surface area contributed by atoms with Gasteiger partial charge in [-0.15, -0.1) is 0 Å². The lowest BCUT2D eigenvalue weighted by molar-refractivity contribution is -0.136. The quantitative estimate of drug-likeness (QED) is 0.368. The fourth-order valence-corrected chi connectivity index (χ4v) is 3.26. The molecule has 0 aromatic heterocycles. The lowest BCUT2D eigenvalue weighted by Gasteiger charge is -2.45. The van der Waals surface area contributed by atoms with E-state index in [2.05, 4.69) is 5.32 Å². The van der Waals surface area contributed by atoms with Crippen LogP contribution >= 0.6 is 0 Å². The van der Waals surface area contributed by atoms with E-state index < -0.39 is 16.6 Å². The first kappa shape index (κ1) is 15.1. The van der Waals surface area contributed by atoms with E-state index in [9.17, 15) is 14.8 Å². The van der Waals surface area contributed by atoms with Crippen LogP contribution in [0.5, 0.6) is 0 Å². The third-order valence-electron chi connectivity index (χ3n) is 4.42. The number of carbonyl (C=O) groups is 2. The van der Waals surface area contributed by atoms with Crippen molar-refractivity contribution in [2.45, 2.75) is 38.8 Å². The van der Waals surface area contributed by atoms with Gasteiger partial charge in [-0.25, -0.2) is 0 Å². The van der Waals surface area contributed by atoms with Crippen LogP contribution in [0.3, 0.4) is 0 Å². The molecule has 7 heteroatoms. The molecule has 22 heavy (non-hydrogen) atoms. The summed E-state index contributed by atoms with van der Waals surface area (Å²) in [5.41, 5.74) is 1.90. The van der Waals surface area contributed by atoms with E-state index in [1.54, 1.807) is 18.2 Å². The molecule has 1 saturated heterocycles. The van der Waals surface area contributed by atoms with Crippen LogP contribution in [0, 0.1) is 5.21 Å². The number of amides is 2. The van der Waals surface area contributed by atoms with Gasteiger partial charge in [0.25, 0.3) is 5.91 Å². The van der Waals surface area contributed by atoms with Gasteiger partial charge in [0.05, 0.1) is 0 Å². The SMILES string of the molecule is [B]c1ccc2c(c1)N(C(C)C)C[N+]2([O-])C1CCC(=O)NC1=O. The summed E-state index contributed by atoms with van der Waals surface area (Å²) in [6.45, 7) is 4.14. The number of nitrogens with one attached hydrogen (secondary N) is 1. The molecule has 1 fully saturated rings. The number of rotatable bonds is 2. The van der Waals surface area contributed by atoms with Crippen molar-refractivity contribution in [2.24, 2.45) is 0 Å². The highest BCUT2D eigenvalue weighted by Crippen LogP contribution is 2.43. The lowest BCUT2D eigenvalue weighted by Crippen LogP contribution is -2.62. The molecule has 1 aromatic carbocycles. The van der Waals surface area contributed by atoms with Gasteiger partial charge in [0.1, 0.15) is 13.5 Å². The molecule has 114 valence electrons. The maximum absolute atomic E-state index is 13.5. The van der Waals surface area contributed by atoms with Crippen molar-refractivity contribution in [3.8, 4) is 0 Å². The maximum Gasteiger partial charge on any atom is 0.285 e. The van der Waals surface area contributed by atoms with Gasteiger partial charge in [0, 0.05) is 24.9 Å². The van der Waals surface area contributed by atoms with Crippen molar-refractivity contribution < 1.29 is 9.59 Å². The van der Waals surface area contributed by atoms with E-state index in [1.165, 1.54) is 0 Å². The third kappa shape index (κ3) is 2.21. The highest BCUT2D eigenvalue weighted by atomic mass is 16.6. The minimum absolute atomic E-state index is 0.114. The van der Waals surface area contributed by atoms with Crippen molar-refractivity contribution in [3.63, 3.8) is 0 Å². The predicted molar refractivity (Wildman–Crippen MR) is 85.6 cm³/mol. The zero-order valence-electron chi connectivity index (χ0n) is 12.7. The van der Waals surface area contributed by atoms with Gasteiger partial charge >= 0.3 is 0 Å². The highest BCUT2D eigenvalue weighted by molar-refractivity contribution is 6.32. The van der Waals surface area contributed by atoms with Crippen molar-refractivity contribution in [3.05, 3.63) is 23.4 Å². The summed E-state index contributed by atoms with van der Waals surface area (Å²) in [4.78, 5) is 25.5. The van der Waals surface area contributed by atoms with E-state index in [0.29, 0.717) is 11.2 Å². The first-order chi connectivity index (χ1) is 10.3. The molecule has 1 aromatic rings. The van der Waals surface area contributed by atoms with Crippen molar-refractivity contribution in [1.82, 2.24) is 9.96 Å². The number of anilines is 1. The standard InChI is InChI=1S/C15H18BN3O3/c1-9(2)18-8-19(22,12-4-3-10(16)7-11(12)18)13-5-6-14(20)17-15(13)21/h3-4,7,9,13H,5-6,8H2,1-2H3,(H,17,20,21). The first-order valence-electron chi connectivity index (χ1n) is 7.42. The highest BCUT2D eigenvalue weighted by Gasteiger charge is 2.47. The number of piperidine rings is 1. The molecule has 6 nitrogen and oxygen atoms in total. The van der Waals surface area contributed by atoms with Crippen LogP contribution in [0.15, 0.2) is 18.2 Å². The van der Waals surface area contributed by atoms with Crippen molar-refractivity contribution in [1.29, 1.82) is 0 Å². The van der Waals surface area contributed by atoms with Crippen LogP contribution in [0.25, 0.3) is 0 Å². The van der Waals surface area contributed by atoms with Crippen LogP contribution in [0.4, 0.5) is 11.4 Å². The Bertz CT molecular complexity index is 649. The molecule has 2 aliphatic heterocycles. The second-order valence-electron chi connectivity index (χ2n) is 6.22.